The van der Waals surface area contributed by atoms with Crippen LogP contribution in [0.1, 0.15) is 32.6 Å². The summed E-state index contributed by atoms with van der Waals surface area (Å²) >= 11 is 0. The first-order valence-electron chi connectivity index (χ1n) is 6.50. The van der Waals surface area contributed by atoms with Gasteiger partial charge in [0.05, 0.1) is 18.8 Å². The van der Waals surface area contributed by atoms with Gasteiger partial charge in [0.2, 0.25) is 5.91 Å². The first-order chi connectivity index (χ1) is 8.58. The monoisotopic (exact) mass is 260 g/mol. The van der Waals surface area contributed by atoms with Crippen molar-refractivity contribution in [2.24, 2.45) is 11.7 Å². The molecule has 1 rings (SSSR count). The Balaban J connectivity index is 1.99. The normalized spacial score (nSPS) is 25.9. The van der Waals surface area contributed by atoms with Gasteiger partial charge in [-0.15, -0.1) is 0 Å². The number of aliphatic hydroxyl groups excluding tert-OH is 1. The van der Waals surface area contributed by atoms with Gasteiger partial charge in [-0.05, 0) is 31.6 Å². The highest BCUT2D eigenvalue weighted by Gasteiger charge is 2.19. The van der Waals surface area contributed by atoms with Crippen LogP contribution in [0.15, 0.2) is 0 Å². The summed E-state index contributed by atoms with van der Waals surface area (Å²) in [6.07, 6.45) is 4.15. The summed E-state index contributed by atoms with van der Waals surface area (Å²) in [6.45, 7) is 2.56. The number of rotatable bonds is 8. The maximum Gasteiger partial charge on any atom is 0.245 e. The van der Waals surface area contributed by atoms with Gasteiger partial charge in [-0.25, -0.2) is 0 Å². The molecule has 0 aliphatic heterocycles. The zero-order chi connectivity index (χ0) is 13.4. The number of nitrogens with two attached hydrogens (primary N) is 1. The fourth-order valence-electron chi connectivity index (χ4n) is 1.98. The zero-order valence-corrected chi connectivity index (χ0v) is 10.9. The second-order valence-electron chi connectivity index (χ2n) is 4.97. The minimum atomic E-state index is -0.641. The molecular weight excluding hydrogens is 236 g/mol. The van der Waals surface area contributed by atoms with E-state index in [0.717, 1.165) is 18.8 Å². The standard InChI is InChI=1S/C12H24N2O4/c1-9-2-4-11(5-3-9)17-7-10(15)6-14-18-8-12(13)16/h9-11,14-15H,2-8H2,1H3,(H2,13,16). The third kappa shape index (κ3) is 6.90. The quantitative estimate of drug-likeness (QED) is 0.420. The third-order valence-electron chi connectivity index (χ3n) is 3.12. The molecule has 1 aliphatic carbocycles. The highest BCUT2D eigenvalue weighted by molar-refractivity contribution is 5.74. The van der Waals surface area contributed by atoms with Crippen LogP contribution in [0, 0.1) is 5.92 Å². The van der Waals surface area contributed by atoms with E-state index in [4.69, 9.17) is 15.3 Å². The second kappa shape index (κ2) is 8.42. The van der Waals surface area contributed by atoms with E-state index in [-0.39, 0.29) is 25.9 Å². The summed E-state index contributed by atoms with van der Waals surface area (Å²) < 4.78 is 5.63. The fraction of sp³-hybridized carbons (Fsp3) is 0.917. The summed E-state index contributed by atoms with van der Waals surface area (Å²) in [6, 6.07) is 0. The Morgan fingerprint density at radius 1 is 1.44 bits per heavy atom. The average Bonchev–Trinajstić information content (AvgIpc) is 2.34. The van der Waals surface area contributed by atoms with Crippen molar-refractivity contribution in [1.29, 1.82) is 0 Å². The molecule has 1 fully saturated rings. The van der Waals surface area contributed by atoms with E-state index in [9.17, 15) is 9.90 Å². The van der Waals surface area contributed by atoms with Gasteiger partial charge in [-0.2, -0.15) is 5.48 Å². The number of aliphatic hydroxyl groups is 1. The predicted molar refractivity (Wildman–Crippen MR) is 66.5 cm³/mol. The van der Waals surface area contributed by atoms with Crippen molar-refractivity contribution >= 4 is 5.91 Å². The molecule has 1 aliphatic rings. The van der Waals surface area contributed by atoms with Gasteiger partial charge in [0.15, 0.2) is 0 Å². The maximum absolute atomic E-state index is 10.4. The van der Waals surface area contributed by atoms with Crippen molar-refractivity contribution in [3.05, 3.63) is 0 Å². The summed E-state index contributed by atoms with van der Waals surface area (Å²) in [7, 11) is 0. The molecular formula is C12H24N2O4. The highest BCUT2D eigenvalue weighted by atomic mass is 16.6. The Bertz CT molecular complexity index is 242. The average molecular weight is 260 g/mol. The number of ether oxygens (including phenoxy) is 1. The van der Waals surface area contributed by atoms with Crippen molar-refractivity contribution in [3.8, 4) is 0 Å². The lowest BCUT2D eigenvalue weighted by atomic mass is 9.89. The van der Waals surface area contributed by atoms with E-state index < -0.39 is 12.0 Å². The largest absolute Gasteiger partial charge is 0.389 e. The Labute approximate surface area is 108 Å². The molecule has 0 aromatic heterocycles. The molecule has 1 saturated carbocycles. The molecule has 0 saturated heterocycles. The number of nitrogens with one attached hydrogen (secondary N) is 1. The smallest absolute Gasteiger partial charge is 0.245 e. The number of hydroxylamine groups is 1. The van der Waals surface area contributed by atoms with Gasteiger partial charge in [0.25, 0.3) is 0 Å². The molecule has 0 aromatic rings. The van der Waals surface area contributed by atoms with Gasteiger partial charge >= 0.3 is 0 Å². The molecule has 0 radical (unpaired) electrons. The lowest BCUT2D eigenvalue weighted by Gasteiger charge is -2.27. The molecule has 4 N–H and O–H groups in total. The van der Waals surface area contributed by atoms with Crippen LogP contribution in [0.5, 0.6) is 0 Å². The van der Waals surface area contributed by atoms with Crippen LogP contribution in [0.3, 0.4) is 0 Å². The molecule has 1 atom stereocenters. The topological polar surface area (TPSA) is 93.8 Å². The van der Waals surface area contributed by atoms with Gasteiger partial charge in [0.1, 0.15) is 6.61 Å². The van der Waals surface area contributed by atoms with Crippen molar-refractivity contribution in [2.75, 3.05) is 19.8 Å². The van der Waals surface area contributed by atoms with Crippen LogP contribution in [-0.4, -0.2) is 43.0 Å². The van der Waals surface area contributed by atoms with Gasteiger partial charge in [-0.1, -0.05) is 6.92 Å². The molecule has 106 valence electrons. The molecule has 1 unspecified atom stereocenters. The van der Waals surface area contributed by atoms with E-state index in [0.29, 0.717) is 0 Å². The molecule has 6 heteroatoms. The van der Waals surface area contributed by atoms with Crippen LogP contribution in [0.2, 0.25) is 0 Å². The van der Waals surface area contributed by atoms with Crippen LogP contribution in [0.4, 0.5) is 0 Å². The van der Waals surface area contributed by atoms with Crippen molar-refractivity contribution in [3.63, 3.8) is 0 Å². The summed E-state index contributed by atoms with van der Waals surface area (Å²) in [5, 5.41) is 9.61. The van der Waals surface area contributed by atoms with Crippen molar-refractivity contribution in [2.45, 2.75) is 44.8 Å². The Hall–Kier alpha value is -0.690. The Morgan fingerprint density at radius 3 is 2.72 bits per heavy atom. The highest BCUT2D eigenvalue weighted by Crippen LogP contribution is 2.25. The number of hydrogen-bond donors (Lipinski definition) is 3. The van der Waals surface area contributed by atoms with E-state index in [2.05, 4.69) is 12.4 Å². The first-order valence-corrected chi connectivity index (χ1v) is 6.50. The molecule has 0 aromatic carbocycles. The maximum atomic E-state index is 10.4. The number of hydrogen-bond acceptors (Lipinski definition) is 5. The van der Waals surface area contributed by atoms with E-state index >= 15 is 0 Å². The predicted octanol–water partition coefficient (Wildman–Crippen LogP) is -0.0509. The lowest BCUT2D eigenvalue weighted by molar-refractivity contribution is -0.126. The van der Waals surface area contributed by atoms with Gasteiger partial charge < -0.3 is 15.6 Å². The van der Waals surface area contributed by atoms with E-state index in [1.165, 1.54) is 12.8 Å². The molecule has 18 heavy (non-hydrogen) atoms. The molecule has 0 heterocycles. The second-order valence-corrected chi connectivity index (χ2v) is 4.97. The minimum absolute atomic E-state index is 0.200. The van der Waals surface area contributed by atoms with E-state index in [1.54, 1.807) is 0 Å². The third-order valence-corrected chi connectivity index (χ3v) is 3.12. The number of carbonyl (C=O) groups excluding carboxylic acids is 1. The molecule has 6 nitrogen and oxygen atoms in total. The molecule has 1 amide bonds. The van der Waals surface area contributed by atoms with Crippen LogP contribution in [-0.2, 0) is 14.4 Å². The summed E-state index contributed by atoms with van der Waals surface area (Å²) in [4.78, 5) is 15.1. The Kier molecular flexibility index (Phi) is 7.19. The van der Waals surface area contributed by atoms with Crippen molar-refractivity contribution in [1.82, 2.24) is 5.48 Å². The van der Waals surface area contributed by atoms with Crippen LogP contribution in [0.25, 0.3) is 0 Å². The summed E-state index contributed by atoms with van der Waals surface area (Å²) in [5.74, 6) is 0.239. The number of amides is 1. The van der Waals surface area contributed by atoms with Gasteiger partial charge in [0, 0.05) is 6.54 Å². The lowest BCUT2D eigenvalue weighted by Crippen LogP contribution is -2.34. The van der Waals surface area contributed by atoms with Crippen LogP contribution >= 0.6 is 0 Å². The number of carbonyl (C=O) groups is 1. The molecule has 0 bridgehead atoms. The first kappa shape index (κ1) is 15.4. The van der Waals surface area contributed by atoms with Crippen LogP contribution < -0.4 is 11.2 Å². The Morgan fingerprint density at radius 2 is 2.11 bits per heavy atom. The van der Waals surface area contributed by atoms with Crippen molar-refractivity contribution < 1.29 is 19.5 Å². The number of primary amides is 1. The zero-order valence-electron chi connectivity index (χ0n) is 10.9. The van der Waals surface area contributed by atoms with E-state index in [1.807, 2.05) is 0 Å². The minimum Gasteiger partial charge on any atom is -0.389 e. The fourth-order valence-corrected chi connectivity index (χ4v) is 1.98. The SMILES string of the molecule is CC1CCC(OCC(O)CNOCC(N)=O)CC1. The summed E-state index contributed by atoms with van der Waals surface area (Å²) in [5.41, 5.74) is 7.37. The van der Waals surface area contributed by atoms with Gasteiger partial charge in [-0.3, -0.25) is 9.63 Å². The molecule has 0 spiro atoms.